The van der Waals surface area contributed by atoms with Gasteiger partial charge < -0.3 is 0 Å². The second-order valence-electron chi connectivity index (χ2n) is 4.39. The molecule has 0 unspecified atom stereocenters. The summed E-state index contributed by atoms with van der Waals surface area (Å²) in [5.41, 5.74) is 4.73. The molecule has 0 aliphatic rings. The molecule has 1 N–H and O–H groups in total. The molecule has 0 amide bonds. The van der Waals surface area contributed by atoms with Crippen LogP contribution in [-0.2, 0) is 0 Å². The molecule has 3 rings (SSSR count). The van der Waals surface area contributed by atoms with Crippen LogP contribution in [0.4, 0.5) is 5.95 Å². The third-order valence-electron chi connectivity index (χ3n) is 2.96. The van der Waals surface area contributed by atoms with Crippen molar-refractivity contribution in [3.8, 4) is 5.69 Å². The minimum absolute atomic E-state index is 0.461. The molecular formula is C15H14N6S. The molecular weight excluding hydrogens is 296 g/mol. The zero-order valence-corrected chi connectivity index (χ0v) is 12.7. The lowest BCUT2D eigenvalue weighted by atomic mass is 10.2. The van der Waals surface area contributed by atoms with E-state index in [1.165, 1.54) is 4.90 Å². The highest BCUT2D eigenvalue weighted by Crippen LogP contribution is 2.14. The van der Waals surface area contributed by atoms with Gasteiger partial charge in [0.1, 0.15) is 0 Å². The normalized spacial score (nSPS) is 11.0. The van der Waals surface area contributed by atoms with Crippen LogP contribution in [-0.4, -0.2) is 32.7 Å². The molecule has 0 aliphatic carbocycles. The number of hydrazone groups is 1. The molecule has 2 aromatic carbocycles. The fraction of sp³-hybridized carbons (Fsp3) is 0.0667. The van der Waals surface area contributed by atoms with Crippen molar-refractivity contribution in [3.05, 3.63) is 60.2 Å². The van der Waals surface area contributed by atoms with Crippen LogP contribution in [0.5, 0.6) is 0 Å². The Morgan fingerprint density at radius 2 is 1.86 bits per heavy atom. The summed E-state index contributed by atoms with van der Waals surface area (Å²) in [6.45, 7) is 0. The highest BCUT2D eigenvalue weighted by Gasteiger charge is 2.05. The molecule has 3 aromatic rings. The summed E-state index contributed by atoms with van der Waals surface area (Å²) in [5.74, 6) is 0.461. The molecule has 1 aromatic heterocycles. The molecule has 0 fully saturated rings. The van der Waals surface area contributed by atoms with Crippen molar-refractivity contribution in [1.29, 1.82) is 0 Å². The number of tetrazole rings is 1. The van der Waals surface area contributed by atoms with E-state index in [9.17, 15) is 0 Å². The number of hydrogen-bond donors (Lipinski definition) is 1. The highest BCUT2D eigenvalue weighted by molar-refractivity contribution is 7.98. The highest BCUT2D eigenvalue weighted by atomic mass is 32.2. The molecule has 0 saturated heterocycles. The molecule has 6 nitrogen and oxygen atoms in total. The van der Waals surface area contributed by atoms with E-state index in [2.05, 4.69) is 38.2 Å². The molecule has 110 valence electrons. The van der Waals surface area contributed by atoms with Gasteiger partial charge >= 0.3 is 0 Å². The summed E-state index contributed by atoms with van der Waals surface area (Å²) in [5, 5.41) is 15.7. The van der Waals surface area contributed by atoms with Crippen molar-refractivity contribution in [2.24, 2.45) is 5.10 Å². The summed E-state index contributed by atoms with van der Waals surface area (Å²) in [7, 11) is 0. The Labute approximate surface area is 132 Å². The Bertz CT molecular complexity index is 751. The van der Waals surface area contributed by atoms with E-state index in [0.29, 0.717) is 5.95 Å². The first-order chi connectivity index (χ1) is 10.9. The molecule has 0 aliphatic heterocycles. The van der Waals surface area contributed by atoms with Crippen molar-refractivity contribution >= 4 is 23.9 Å². The summed E-state index contributed by atoms with van der Waals surface area (Å²) >= 11 is 1.71. The number of rotatable bonds is 5. The largest absolute Gasteiger partial charge is 0.268 e. The van der Waals surface area contributed by atoms with Crippen molar-refractivity contribution in [3.63, 3.8) is 0 Å². The van der Waals surface area contributed by atoms with Gasteiger partial charge in [-0.15, -0.1) is 11.8 Å². The molecule has 0 bridgehead atoms. The first kappa shape index (κ1) is 14.3. The van der Waals surface area contributed by atoms with Gasteiger partial charge in [0.15, 0.2) is 0 Å². The lowest BCUT2D eigenvalue weighted by molar-refractivity contribution is 0.790. The Hall–Kier alpha value is -2.67. The maximum atomic E-state index is 4.18. The summed E-state index contributed by atoms with van der Waals surface area (Å²) in [4.78, 5) is 1.22. The first-order valence-electron chi connectivity index (χ1n) is 6.64. The van der Waals surface area contributed by atoms with Crippen LogP contribution >= 0.6 is 11.8 Å². The number of hydrogen-bond acceptors (Lipinski definition) is 6. The lowest BCUT2D eigenvalue weighted by Crippen LogP contribution is -2.03. The second-order valence-corrected chi connectivity index (χ2v) is 5.27. The molecule has 7 heteroatoms. The van der Waals surface area contributed by atoms with Gasteiger partial charge in [0.25, 0.3) is 5.95 Å². The van der Waals surface area contributed by atoms with Gasteiger partial charge in [-0.3, -0.25) is 0 Å². The monoisotopic (exact) mass is 310 g/mol. The van der Waals surface area contributed by atoms with Crippen LogP contribution in [0.15, 0.2) is 64.6 Å². The van der Waals surface area contributed by atoms with E-state index >= 15 is 0 Å². The third-order valence-corrected chi connectivity index (χ3v) is 3.71. The van der Waals surface area contributed by atoms with Gasteiger partial charge in [-0.2, -0.15) is 9.78 Å². The summed E-state index contributed by atoms with van der Waals surface area (Å²) in [6, 6.07) is 17.8. The summed E-state index contributed by atoms with van der Waals surface area (Å²) < 4.78 is 1.59. The van der Waals surface area contributed by atoms with E-state index < -0.39 is 0 Å². The quantitative estimate of drug-likeness (QED) is 0.446. The first-order valence-corrected chi connectivity index (χ1v) is 7.86. The van der Waals surface area contributed by atoms with Crippen molar-refractivity contribution in [2.45, 2.75) is 4.90 Å². The molecule has 0 saturated carbocycles. The Kier molecular flexibility index (Phi) is 4.45. The van der Waals surface area contributed by atoms with Crippen molar-refractivity contribution < 1.29 is 0 Å². The Morgan fingerprint density at radius 3 is 2.59 bits per heavy atom. The average Bonchev–Trinajstić information content (AvgIpc) is 3.05. The van der Waals surface area contributed by atoms with E-state index in [1.807, 2.05) is 48.7 Å². The molecule has 0 radical (unpaired) electrons. The average molecular weight is 310 g/mol. The fourth-order valence-corrected chi connectivity index (χ4v) is 2.26. The molecule has 0 atom stereocenters. The van der Waals surface area contributed by atoms with E-state index in [0.717, 1.165) is 11.3 Å². The maximum absolute atomic E-state index is 4.18. The van der Waals surface area contributed by atoms with E-state index in [1.54, 1.807) is 22.7 Å². The van der Waals surface area contributed by atoms with Crippen LogP contribution in [0.1, 0.15) is 5.56 Å². The Balaban J connectivity index is 1.72. The minimum Gasteiger partial charge on any atom is -0.244 e. The fourth-order valence-electron chi connectivity index (χ4n) is 1.85. The zero-order valence-electron chi connectivity index (χ0n) is 11.9. The number of benzene rings is 2. The van der Waals surface area contributed by atoms with Crippen LogP contribution in [0.3, 0.4) is 0 Å². The van der Waals surface area contributed by atoms with Gasteiger partial charge in [-0.1, -0.05) is 35.4 Å². The topological polar surface area (TPSA) is 68.0 Å². The van der Waals surface area contributed by atoms with Crippen molar-refractivity contribution in [1.82, 2.24) is 20.2 Å². The number of anilines is 1. The number of aromatic nitrogens is 4. The minimum atomic E-state index is 0.461. The predicted octanol–water partition coefficient (Wildman–Crippen LogP) is 2.83. The molecule has 1 heterocycles. The van der Waals surface area contributed by atoms with Gasteiger partial charge in [0.2, 0.25) is 0 Å². The predicted molar refractivity (Wildman–Crippen MR) is 88.6 cm³/mol. The molecule has 22 heavy (non-hydrogen) atoms. The van der Waals surface area contributed by atoms with Gasteiger partial charge in [0, 0.05) is 4.90 Å². The van der Waals surface area contributed by atoms with Gasteiger partial charge in [-0.25, -0.2) is 5.43 Å². The number of thioether (sulfide) groups is 1. The number of para-hydroxylation sites is 1. The summed E-state index contributed by atoms with van der Waals surface area (Å²) in [6.07, 6.45) is 3.78. The van der Waals surface area contributed by atoms with E-state index in [4.69, 9.17) is 0 Å². The SMILES string of the molecule is CSc1ccc(C=NNc2nnnn2-c2ccccc2)cc1. The number of nitrogens with one attached hydrogen (secondary N) is 1. The van der Waals surface area contributed by atoms with Gasteiger partial charge in [0.05, 0.1) is 11.9 Å². The van der Waals surface area contributed by atoms with Gasteiger partial charge in [-0.05, 0) is 46.5 Å². The van der Waals surface area contributed by atoms with Crippen LogP contribution < -0.4 is 5.43 Å². The molecule has 0 spiro atoms. The maximum Gasteiger partial charge on any atom is 0.268 e. The van der Waals surface area contributed by atoms with Crippen LogP contribution in [0.2, 0.25) is 0 Å². The van der Waals surface area contributed by atoms with E-state index in [-0.39, 0.29) is 0 Å². The van der Waals surface area contributed by atoms with Crippen molar-refractivity contribution in [2.75, 3.05) is 11.7 Å². The second kappa shape index (κ2) is 6.86. The van der Waals surface area contributed by atoms with Crippen LogP contribution in [0.25, 0.3) is 5.69 Å². The Morgan fingerprint density at radius 1 is 1.09 bits per heavy atom. The third kappa shape index (κ3) is 3.32. The standard InChI is InChI=1S/C15H14N6S/c1-22-14-9-7-12(8-10-14)11-16-17-15-18-19-20-21(15)13-5-3-2-4-6-13/h2-11H,1H3,(H,17,18,20). The smallest absolute Gasteiger partial charge is 0.244 e. The lowest BCUT2D eigenvalue weighted by Gasteiger charge is -2.02. The zero-order chi connectivity index (χ0) is 15.2. The van der Waals surface area contributed by atoms with Crippen LogP contribution in [0, 0.1) is 0 Å². The number of nitrogens with zero attached hydrogens (tertiary/aromatic N) is 5.